The van der Waals surface area contributed by atoms with Gasteiger partial charge >= 0.3 is 0 Å². The summed E-state index contributed by atoms with van der Waals surface area (Å²) in [6, 6.07) is -0.0781. The second kappa shape index (κ2) is 5.14. The maximum absolute atomic E-state index is 11.8. The number of rotatable bonds is 5. The highest BCUT2D eigenvalue weighted by atomic mass is 16.5. The molecule has 1 saturated heterocycles. The van der Waals surface area contributed by atoms with Crippen molar-refractivity contribution in [2.45, 2.75) is 38.8 Å². The van der Waals surface area contributed by atoms with Crippen LogP contribution in [0, 0.1) is 5.92 Å². The van der Waals surface area contributed by atoms with Crippen LogP contribution in [0.5, 0.6) is 0 Å². The van der Waals surface area contributed by atoms with Gasteiger partial charge < -0.3 is 10.1 Å². The van der Waals surface area contributed by atoms with E-state index in [4.69, 9.17) is 4.74 Å². The predicted octanol–water partition coefficient (Wildman–Crippen LogP) is 0.394. The van der Waals surface area contributed by atoms with Gasteiger partial charge in [0.05, 0.1) is 11.6 Å². The quantitative estimate of drug-likeness (QED) is 0.709. The maximum atomic E-state index is 11.8. The molecule has 98 valence electrons. The van der Waals surface area contributed by atoms with Crippen molar-refractivity contribution in [2.75, 3.05) is 20.7 Å². The molecular weight excluding hydrogens is 220 g/mol. The summed E-state index contributed by atoms with van der Waals surface area (Å²) in [4.78, 5) is 24.9. The molecule has 0 aromatic heterocycles. The SMILES string of the molecule is CNC(CN1C(=O)CC(C)C1=O)C(C)(C)OC. The van der Waals surface area contributed by atoms with Gasteiger partial charge in [0.15, 0.2) is 0 Å². The number of nitrogens with zero attached hydrogens (tertiary/aromatic N) is 1. The van der Waals surface area contributed by atoms with Gasteiger partial charge in [-0.1, -0.05) is 6.92 Å². The van der Waals surface area contributed by atoms with E-state index in [-0.39, 0.29) is 23.8 Å². The second-order valence-corrected chi connectivity index (χ2v) is 5.10. The number of nitrogens with one attached hydrogen (secondary N) is 1. The molecule has 0 aromatic rings. The van der Waals surface area contributed by atoms with Crippen LogP contribution in [-0.4, -0.2) is 49.1 Å². The van der Waals surface area contributed by atoms with E-state index in [1.807, 2.05) is 13.8 Å². The molecule has 0 saturated carbocycles. The van der Waals surface area contributed by atoms with Crippen LogP contribution in [0.4, 0.5) is 0 Å². The number of carbonyl (C=O) groups is 2. The number of hydrogen-bond acceptors (Lipinski definition) is 4. The second-order valence-electron chi connectivity index (χ2n) is 5.10. The molecule has 1 aliphatic heterocycles. The van der Waals surface area contributed by atoms with Crippen LogP contribution in [0.25, 0.3) is 0 Å². The summed E-state index contributed by atoms with van der Waals surface area (Å²) in [5.74, 6) is -0.359. The summed E-state index contributed by atoms with van der Waals surface area (Å²) in [7, 11) is 3.43. The largest absolute Gasteiger partial charge is 0.377 e. The van der Waals surface area contributed by atoms with E-state index in [2.05, 4.69) is 5.32 Å². The summed E-state index contributed by atoms with van der Waals surface area (Å²) in [5.41, 5.74) is -0.429. The average Bonchev–Trinajstić information content (AvgIpc) is 2.51. The number of ether oxygens (including phenoxy) is 1. The molecule has 1 aliphatic rings. The van der Waals surface area contributed by atoms with Crippen molar-refractivity contribution in [3.63, 3.8) is 0 Å². The fraction of sp³-hybridized carbons (Fsp3) is 0.833. The van der Waals surface area contributed by atoms with Gasteiger partial charge in [-0.05, 0) is 20.9 Å². The Labute approximate surface area is 102 Å². The first-order valence-electron chi connectivity index (χ1n) is 5.90. The third kappa shape index (κ3) is 2.84. The van der Waals surface area contributed by atoms with Crippen molar-refractivity contribution < 1.29 is 14.3 Å². The molecule has 2 amide bonds. The third-order valence-electron chi connectivity index (χ3n) is 3.55. The van der Waals surface area contributed by atoms with Gasteiger partial charge in [-0.3, -0.25) is 14.5 Å². The van der Waals surface area contributed by atoms with Crippen LogP contribution in [0.2, 0.25) is 0 Å². The molecule has 0 spiro atoms. The van der Waals surface area contributed by atoms with Crippen molar-refractivity contribution in [3.8, 4) is 0 Å². The maximum Gasteiger partial charge on any atom is 0.232 e. The van der Waals surface area contributed by atoms with Gasteiger partial charge in [-0.25, -0.2) is 0 Å². The van der Waals surface area contributed by atoms with Crippen LogP contribution in [-0.2, 0) is 14.3 Å². The zero-order valence-electron chi connectivity index (χ0n) is 11.2. The Kier molecular flexibility index (Phi) is 4.27. The van der Waals surface area contributed by atoms with Gasteiger partial charge in [0.2, 0.25) is 11.8 Å². The first-order valence-corrected chi connectivity index (χ1v) is 5.90. The number of likely N-dealkylation sites (tertiary alicyclic amines) is 1. The van der Waals surface area contributed by atoms with Crippen molar-refractivity contribution in [1.29, 1.82) is 0 Å². The smallest absolute Gasteiger partial charge is 0.232 e. The lowest BCUT2D eigenvalue weighted by atomic mass is 9.98. The predicted molar refractivity (Wildman–Crippen MR) is 64.4 cm³/mol. The lowest BCUT2D eigenvalue weighted by molar-refractivity contribution is -0.140. The van der Waals surface area contributed by atoms with Crippen LogP contribution < -0.4 is 5.32 Å². The average molecular weight is 242 g/mol. The van der Waals surface area contributed by atoms with Gasteiger partial charge in [0.25, 0.3) is 0 Å². The first kappa shape index (κ1) is 14.1. The van der Waals surface area contributed by atoms with Crippen LogP contribution >= 0.6 is 0 Å². The van der Waals surface area contributed by atoms with Crippen molar-refractivity contribution in [2.24, 2.45) is 5.92 Å². The number of amides is 2. The Morgan fingerprint density at radius 3 is 2.47 bits per heavy atom. The summed E-state index contributed by atoms with van der Waals surface area (Å²) >= 11 is 0. The third-order valence-corrected chi connectivity index (χ3v) is 3.55. The molecule has 0 bridgehead atoms. The van der Waals surface area contributed by atoms with E-state index in [1.54, 1.807) is 21.1 Å². The van der Waals surface area contributed by atoms with Crippen molar-refractivity contribution in [3.05, 3.63) is 0 Å². The minimum atomic E-state index is -0.429. The topological polar surface area (TPSA) is 58.6 Å². The number of likely N-dealkylation sites (N-methyl/N-ethyl adjacent to an activating group) is 1. The molecule has 1 rings (SSSR count). The molecule has 5 heteroatoms. The lowest BCUT2D eigenvalue weighted by Crippen LogP contribution is -2.54. The van der Waals surface area contributed by atoms with Crippen LogP contribution in [0.1, 0.15) is 27.2 Å². The highest BCUT2D eigenvalue weighted by Gasteiger charge is 2.39. The Hall–Kier alpha value is -0.940. The molecule has 2 unspecified atom stereocenters. The van der Waals surface area contributed by atoms with E-state index in [0.29, 0.717) is 13.0 Å². The molecule has 2 atom stereocenters. The summed E-state index contributed by atoms with van der Waals surface area (Å²) in [6.45, 7) is 6.01. The van der Waals surface area contributed by atoms with E-state index in [1.165, 1.54) is 4.90 Å². The molecule has 0 radical (unpaired) electrons. The fourth-order valence-electron chi connectivity index (χ4n) is 2.02. The van der Waals surface area contributed by atoms with Crippen LogP contribution in [0.15, 0.2) is 0 Å². The van der Waals surface area contributed by atoms with Gasteiger partial charge in [-0.15, -0.1) is 0 Å². The van der Waals surface area contributed by atoms with E-state index in [0.717, 1.165) is 0 Å². The minimum Gasteiger partial charge on any atom is -0.377 e. The number of hydrogen-bond donors (Lipinski definition) is 1. The Bertz CT molecular complexity index is 315. The molecule has 1 heterocycles. The fourth-order valence-corrected chi connectivity index (χ4v) is 2.02. The summed E-state index contributed by atoms with van der Waals surface area (Å²) in [6.07, 6.45) is 0.322. The van der Waals surface area contributed by atoms with Crippen molar-refractivity contribution in [1.82, 2.24) is 10.2 Å². The highest BCUT2D eigenvalue weighted by Crippen LogP contribution is 2.22. The Morgan fingerprint density at radius 1 is 1.53 bits per heavy atom. The Morgan fingerprint density at radius 2 is 2.12 bits per heavy atom. The minimum absolute atomic E-state index is 0.0781. The molecule has 1 N–H and O–H groups in total. The van der Waals surface area contributed by atoms with Gasteiger partial charge in [0, 0.05) is 26.0 Å². The zero-order valence-corrected chi connectivity index (χ0v) is 11.2. The lowest BCUT2D eigenvalue weighted by Gasteiger charge is -2.35. The van der Waals surface area contributed by atoms with Gasteiger partial charge in [-0.2, -0.15) is 0 Å². The van der Waals surface area contributed by atoms with Gasteiger partial charge in [0.1, 0.15) is 0 Å². The molecule has 5 nitrogen and oxygen atoms in total. The monoisotopic (exact) mass is 242 g/mol. The zero-order chi connectivity index (χ0) is 13.2. The summed E-state index contributed by atoms with van der Waals surface area (Å²) < 4.78 is 5.39. The van der Waals surface area contributed by atoms with Crippen LogP contribution in [0.3, 0.4) is 0 Å². The Balaban J connectivity index is 2.76. The molecule has 17 heavy (non-hydrogen) atoms. The first-order chi connectivity index (χ1) is 7.83. The number of methoxy groups -OCH3 is 1. The van der Waals surface area contributed by atoms with E-state index in [9.17, 15) is 9.59 Å². The van der Waals surface area contributed by atoms with Crippen molar-refractivity contribution >= 4 is 11.8 Å². The molecule has 0 aromatic carbocycles. The molecule has 1 fully saturated rings. The molecular formula is C12H22N2O3. The highest BCUT2D eigenvalue weighted by molar-refractivity contribution is 6.03. The molecule has 0 aliphatic carbocycles. The van der Waals surface area contributed by atoms with E-state index < -0.39 is 5.60 Å². The number of imide groups is 1. The summed E-state index contributed by atoms with van der Waals surface area (Å²) in [5, 5.41) is 3.10. The van der Waals surface area contributed by atoms with E-state index >= 15 is 0 Å². The normalized spacial score (nSPS) is 23.4. The standard InChI is InChI=1S/C12H22N2O3/c1-8-6-10(15)14(11(8)16)7-9(13-4)12(2,3)17-5/h8-9,13H,6-7H2,1-5H3. The number of carbonyl (C=O) groups excluding carboxylic acids is 2.